The van der Waals surface area contributed by atoms with Crippen molar-refractivity contribution in [1.29, 1.82) is 0 Å². The molecule has 0 saturated carbocycles. The lowest BCUT2D eigenvalue weighted by atomic mass is 10.1. The molecule has 0 spiro atoms. The zero-order valence-electron chi connectivity index (χ0n) is 19.9. The van der Waals surface area contributed by atoms with Crippen LogP contribution < -0.4 is 4.74 Å². The van der Waals surface area contributed by atoms with Crippen molar-refractivity contribution in [2.45, 2.75) is 41.5 Å². The van der Waals surface area contributed by atoms with E-state index in [1.165, 1.54) is 0 Å². The molecule has 0 aliphatic carbocycles. The molecule has 0 unspecified atom stereocenters. The quantitative estimate of drug-likeness (QED) is 0.298. The number of aryl methyl sites for hydroxylation is 4. The van der Waals surface area contributed by atoms with Crippen LogP contribution in [0.5, 0.6) is 5.75 Å². The molecule has 0 aliphatic heterocycles. The lowest BCUT2D eigenvalue weighted by Crippen LogP contribution is -2.07. The summed E-state index contributed by atoms with van der Waals surface area (Å²) in [6.07, 6.45) is 1.73. The van der Waals surface area contributed by atoms with Crippen LogP contribution in [0.25, 0.3) is 0 Å². The van der Waals surface area contributed by atoms with Crippen molar-refractivity contribution in [3.05, 3.63) is 94.8 Å². The molecular formula is C28H31N3O. The van der Waals surface area contributed by atoms with E-state index in [2.05, 4.69) is 58.5 Å². The molecule has 4 nitrogen and oxygen atoms in total. The fourth-order valence-electron chi connectivity index (χ4n) is 3.53. The van der Waals surface area contributed by atoms with Crippen molar-refractivity contribution >= 4 is 22.8 Å². The molecule has 32 heavy (non-hydrogen) atoms. The standard InChI is InChI=1S/C28H31N3O/c1-8-15-32-24-16-25(22(6)29-27-18(2)11-9-12-19(27)3)31-26(17-24)23(7)30-28-20(4)13-10-14-21(28)5/h8-14,16-17H,1,15H2,2-7H3. The summed E-state index contributed by atoms with van der Waals surface area (Å²) in [5, 5.41) is 0. The Morgan fingerprint density at radius 1 is 0.812 bits per heavy atom. The molecule has 0 bridgehead atoms. The minimum atomic E-state index is 0.420. The van der Waals surface area contributed by atoms with Crippen LogP contribution >= 0.6 is 0 Å². The van der Waals surface area contributed by atoms with Gasteiger partial charge in [-0.1, -0.05) is 49.1 Å². The number of para-hydroxylation sites is 2. The van der Waals surface area contributed by atoms with Gasteiger partial charge in [-0.05, 0) is 63.8 Å². The number of aromatic nitrogens is 1. The maximum Gasteiger partial charge on any atom is 0.124 e. The first-order valence-electron chi connectivity index (χ1n) is 10.8. The van der Waals surface area contributed by atoms with Gasteiger partial charge in [0, 0.05) is 12.1 Å². The number of hydrogen-bond acceptors (Lipinski definition) is 4. The highest BCUT2D eigenvalue weighted by molar-refractivity contribution is 6.03. The molecule has 2 aromatic carbocycles. The molecule has 0 fully saturated rings. The van der Waals surface area contributed by atoms with Crippen LogP contribution in [0.2, 0.25) is 0 Å². The largest absolute Gasteiger partial charge is 0.489 e. The second-order valence-corrected chi connectivity index (χ2v) is 8.05. The van der Waals surface area contributed by atoms with Crippen LogP contribution in [0, 0.1) is 27.7 Å². The number of rotatable bonds is 7. The van der Waals surface area contributed by atoms with Gasteiger partial charge in [0.15, 0.2) is 0 Å². The highest BCUT2D eigenvalue weighted by atomic mass is 16.5. The van der Waals surface area contributed by atoms with E-state index < -0.39 is 0 Å². The minimum Gasteiger partial charge on any atom is -0.489 e. The first kappa shape index (κ1) is 23.1. The Hall–Kier alpha value is -3.53. The summed E-state index contributed by atoms with van der Waals surface area (Å²) in [5.41, 5.74) is 9.68. The summed E-state index contributed by atoms with van der Waals surface area (Å²) < 4.78 is 5.86. The van der Waals surface area contributed by atoms with Crippen LogP contribution in [0.1, 0.15) is 47.5 Å². The number of benzene rings is 2. The van der Waals surface area contributed by atoms with E-state index in [4.69, 9.17) is 19.7 Å². The Balaban J connectivity index is 2.10. The zero-order valence-corrected chi connectivity index (χ0v) is 19.9. The summed E-state index contributed by atoms with van der Waals surface area (Å²) >= 11 is 0. The number of ether oxygens (including phenoxy) is 1. The van der Waals surface area contributed by atoms with E-state index in [-0.39, 0.29) is 0 Å². The van der Waals surface area contributed by atoms with Gasteiger partial charge >= 0.3 is 0 Å². The Morgan fingerprint density at radius 2 is 1.22 bits per heavy atom. The Bertz CT molecular complexity index is 1080. The van der Waals surface area contributed by atoms with E-state index in [1.54, 1.807) is 6.08 Å². The van der Waals surface area contributed by atoms with E-state index >= 15 is 0 Å². The van der Waals surface area contributed by atoms with Gasteiger partial charge in [-0.25, -0.2) is 4.98 Å². The van der Waals surface area contributed by atoms with E-state index in [9.17, 15) is 0 Å². The van der Waals surface area contributed by atoms with Gasteiger partial charge in [0.05, 0.1) is 34.2 Å². The van der Waals surface area contributed by atoms with Crippen molar-refractivity contribution in [1.82, 2.24) is 4.98 Å². The third kappa shape index (κ3) is 5.38. The monoisotopic (exact) mass is 425 g/mol. The predicted molar refractivity (Wildman–Crippen MR) is 136 cm³/mol. The Kier molecular flexibility index (Phi) is 7.37. The molecule has 3 rings (SSSR count). The molecule has 0 atom stereocenters. The van der Waals surface area contributed by atoms with Gasteiger partial charge in [0.25, 0.3) is 0 Å². The van der Waals surface area contributed by atoms with Crippen LogP contribution in [-0.2, 0) is 0 Å². The number of pyridine rings is 1. The molecule has 0 N–H and O–H groups in total. The lowest BCUT2D eigenvalue weighted by molar-refractivity contribution is 0.362. The number of hydrogen-bond donors (Lipinski definition) is 0. The first-order valence-corrected chi connectivity index (χ1v) is 10.8. The third-order valence-electron chi connectivity index (χ3n) is 5.35. The van der Waals surface area contributed by atoms with Crippen molar-refractivity contribution in [3.8, 4) is 5.75 Å². The fourth-order valence-corrected chi connectivity index (χ4v) is 3.53. The van der Waals surface area contributed by atoms with Crippen LogP contribution in [-0.4, -0.2) is 23.0 Å². The summed E-state index contributed by atoms with van der Waals surface area (Å²) in [4.78, 5) is 14.7. The third-order valence-corrected chi connectivity index (χ3v) is 5.35. The molecule has 1 heterocycles. The van der Waals surface area contributed by atoms with Gasteiger partial charge in [0.1, 0.15) is 12.4 Å². The molecule has 0 saturated heterocycles. The SMILES string of the molecule is C=CCOc1cc(C(C)=Nc2c(C)cccc2C)nc(C(C)=Nc2c(C)cccc2C)c1. The fraction of sp³-hybridized carbons (Fsp3) is 0.250. The summed E-state index contributed by atoms with van der Waals surface area (Å²) in [6.45, 7) is 16.4. The summed E-state index contributed by atoms with van der Waals surface area (Å²) in [7, 11) is 0. The molecule has 3 aromatic rings. The molecular weight excluding hydrogens is 394 g/mol. The average molecular weight is 426 g/mol. The Labute approximate surface area is 191 Å². The van der Waals surface area contributed by atoms with Gasteiger partial charge in [-0.2, -0.15) is 0 Å². The number of nitrogens with zero attached hydrogens (tertiary/aromatic N) is 3. The first-order chi connectivity index (χ1) is 15.3. The highest BCUT2D eigenvalue weighted by Gasteiger charge is 2.11. The maximum absolute atomic E-state index is 5.86. The van der Waals surface area contributed by atoms with Gasteiger partial charge < -0.3 is 4.74 Å². The smallest absolute Gasteiger partial charge is 0.124 e. The minimum absolute atomic E-state index is 0.420. The predicted octanol–water partition coefficient (Wildman–Crippen LogP) is 7.16. The van der Waals surface area contributed by atoms with Gasteiger partial charge in [-0.3, -0.25) is 9.98 Å². The second kappa shape index (κ2) is 10.2. The van der Waals surface area contributed by atoms with Gasteiger partial charge in [0.2, 0.25) is 0 Å². The topological polar surface area (TPSA) is 46.8 Å². The normalized spacial score (nSPS) is 12.1. The van der Waals surface area contributed by atoms with Crippen LogP contribution in [0.3, 0.4) is 0 Å². The van der Waals surface area contributed by atoms with Gasteiger partial charge in [-0.15, -0.1) is 0 Å². The number of aliphatic imine (C=N–C) groups is 2. The van der Waals surface area contributed by atoms with Crippen molar-refractivity contribution in [2.75, 3.05) is 6.61 Å². The van der Waals surface area contributed by atoms with Crippen LogP contribution in [0.4, 0.5) is 11.4 Å². The van der Waals surface area contributed by atoms with E-state index in [1.807, 2.05) is 38.1 Å². The van der Waals surface area contributed by atoms with Crippen molar-refractivity contribution < 1.29 is 4.74 Å². The molecule has 1 aromatic heterocycles. The molecule has 0 amide bonds. The van der Waals surface area contributed by atoms with E-state index in [0.717, 1.165) is 62.2 Å². The van der Waals surface area contributed by atoms with Crippen molar-refractivity contribution in [2.24, 2.45) is 9.98 Å². The maximum atomic E-state index is 5.86. The molecule has 0 radical (unpaired) electrons. The summed E-state index contributed by atoms with van der Waals surface area (Å²) in [5.74, 6) is 0.719. The molecule has 0 aliphatic rings. The zero-order chi connectivity index (χ0) is 23.3. The molecule has 164 valence electrons. The average Bonchev–Trinajstić information content (AvgIpc) is 2.77. The van der Waals surface area contributed by atoms with E-state index in [0.29, 0.717) is 6.61 Å². The highest BCUT2D eigenvalue weighted by Crippen LogP contribution is 2.26. The second-order valence-electron chi connectivity index (χ2n) is 8.05. The van der Waals surface area contributed by atoms with Crippen molar-refractivity contribution in [3.63, 3.8) is 0 Å². The van der Waals surface area contributed by atoms with Crippen LogP contribution in [0.15, 0.2) is 71.2 Å². The summed E-state index contributed by atoms with van der Waals surface area (Å²) in [6, 6.07) is 16.2. The lowest BCUT2D eigenvalue weighted by Gasteiger charge is -2.12. The Morgan fingerprint density at radius 3 is 1.59 bits per heavy atom. The molecule has 4 heteroatoms.